The van der Waals surface area contributed by atoms with Crippen LogP contribution in [-0.4, -0.2) is 47.7 Å². The molecule has 0 aromatic rings. The van der Waals surface area contributed by atoms with Gasteiger partial charge in [-0.3, -0.25) is 9.59 Å². The first-order valence-electron chi connectivity index (χ1n) is 6.56. The van der Waals surface area contributed by atoms with E-state index in [4.69, 9.17) is 9.84 Å². The number of rotatable bonds is 5. The van der Waals surface area contributed by atoms with E-state index in [0.29, 0.717) is 25.5 Å². The highest BCUT2D eigenvalue weighted by Crippen LogP contribution is 2.31. The standard InChI is InChI=1S/C13H21NO4/c1-9(18-7-10-3-4-10)11(15)14-6-5-13(2,8-14)12(16)17/h9-10H,3-8H2,1-2H3,(H,16,17)/t9-,13+/m0/s1. The van der Waals surface area contributed by atoms with Crippen LogP contribution in [0.25, 0.3) is 0 Å². The molecule has 1 N–H and O–H groups in total. The number of nitrogens with zero attached hydrogens (tertiary/aromatic N) is 1. The fraction of sp³-hybridized carbons (Fsp3) is 0.846. The number of carbonyl (C=O) groups is 2. The van der Waals surface area contributed by atoms with Crippen LogP contribution in [0.5, 0.6) is 0 Å². The van der Waals surface area contributed by atoms with E-state index in [1.54, 1.807) is 18.7 Å². The van der Waals surface area contributed by atoms with Gasteiger partial charge in [0.15, 0.2) is 0 Å². The van der Waals surface area contributed by atoms with Gasteiger partial charge in [0.25, 0.3) is 5.91 Å². The van der Waals surface area contributed by atoms with Crippen LogP contribution in [0.4, 0.5) is 0 Å². The van der Waals surface area contributed by atoms with E-state index in [1.807, 2.05) is 0 Å². The van der Waals surface area contributed by atoms with Crippen LogP contribution in [-0.2, 0) is 14.3 Å². The molecule has 0 aromatic heterocycles. The number of likely N-dealkylation sites (tertiary alicyclic amines) is 1. The first-order valence-corrected chi connectivity index (χ1v) is 6.56. The van der Waals surface area contributed by atoms with E-state index >= 15 is 0 Å². The zero-order valence-electron chi connectivity index (χ0n) is 11.0. The zero-order valence-corrected chi connectivity index (χ0v) is 11.0. The van der Waals surface area contributed by atoms with Gasteiger partial charge >= 0.3 is 5.97 Å². The van der Waals surface area contributed by atoms with Crippen molar-refractivity contribution < 1.29 is 19.4 Å². The molecule has 1 saturated carbocycles. The SMILES string of the molecule is C[C@H](OCC1CC1)C(=O)N1CC[C@@](C)(C(=O)O)C1. The van der Waals surface area contributed by atoms with E-state index in [-0.39, 0.29) is 12.5 Å². The number of carboxylic acid groups (broad SMARTS) is 1. The van der Waals surface area contributed by atoms with Crippen LogP contribution in [0, 0.1) is 11.3 Å². The summed E-state index contributed by atoms with van der Waals surface area (Å²) in [4.78, 5) is 24.8. The molecule has 5 heteroatoms. The van der Waals surface area contributed by atoms with Crippen molar-refractivity contribution in [2.24, 2.45) is 11.3 Å². The van der Waals surface area contributed by atoms with Gasteiger partial charge < -0.3 is 14.7 Å². The van der Waals surface area contributed by atoms with Crippen molar-refractivity contribution in [3.63, 3.8) is 0 Å². The molecule has 1 heterocycles. The fourth-order valence-corrected chi connectivity index (χ4v) is 2.22. The van der Waals surface area contributed by atoms with Gasteiger partial charge in [-0.05, 0) is 39.0 Å². The molecule has 18 heavy (non-hydrogen) atoms. The second-order valence-corrected chi connectivity index (χ2v) is 5.79. The van der Waals surface area contributed by atoms with Gasteiger partial charge in [0.2, 0.25) is 0 Å². The Balaban J connectivity index is 1.83. The minimum atomic E-state index is -0.829. The molecule has 5 nitrogen and oxygen atoms in total. The normalized spacial score (nSPS) is 29.3. The van der Waals surface area contributed by atoms with Crippen LogP contribution in [0.15, 0.2) is 0 Å². The second kappa shape index (κ2) is 4.88. The highest BCUT2D eigenvalue weighted by molar-refractivity contribution is 5.83. The largest absolute Gasteiger partial charge is 0.481 e. The molecule has 1 aliphatic carbocycles. The molecule has 102 valence electrons. The minimum absolute atomic E-state index is 0.0828. The predicted octanol–water partition coefficient (Wildman–Crippen LogP) is 1.12. The van der Waals surface area contributed by atoms with Crippen molar-refractivity contribution in [1.29, 1.82) is 0 Å². The minimum Gasteiger partial charge on any atom is -0.481 e. The van der Waals surface area contributed by atoms with E-state index in [2.05, 4.69) is 0 Å². The monoisotopic (exact) mass is 255 g/mol. The molecule has 2 aliphatic rings. The number of hydrogen-bond acceptors (Lipinski definition) is 3. The molecule has 2 fully saturated rings. The van der Waals surface area contributed by atoms with Crippen molar-refractivity contribution in [1.82, 2.24) is 4.90 Å². The maximum Gasteiger partial charge on any atom is 0.311 e. The maximum atomic E-state index is 12.1. The quantitative estimate of drug-likeness (QED) is 0.799. The van der Waals surface area contributed by atoms with Gasteiger partial charge in [0.1, 0.15) is 6.10 Å². The topological polar surface area (TPSA) is 66.8 Å². The van der Waals surface area contributed by atoms with Gasteiger partial charge in [-0.2, -0.15) is 0 Å². The Bertz CT molecular complexity index is 353. The zero-order chi connectivity index (χ0) is 13.3. The summed E-state index contributed by atoms with van der Waals surface area (Å²) in [6.45, 7) is 4.90. The summed E-state index contributed by atoms with van der Waals surface area (Å²) < 4.78 is 5.53. The van der Waals surface area contributed by atoms with Crippen LogP contribution in [0.1, 0.15) is 33.1 Å². The van der Waals surface area contributed by atoms with Gasteiger partial charge in [-0.15, -0.1) is 0 Å². The number of amides is 1. The molecule has 1 amide bonds. The third-order valence-electron chi connectivity index (χ3n) is 3.93. The van der Waals surface area contributed by atoms with Crippen molar-refractivity contribution in [2.45, 2.75) is 39.2 Å². The molecule has 1 saturated heterocycles. The molecule has 0 unspecified atom stereocenters. The third-order valence-corrected chi connectivity index (χ3v) is 3.93. The summed E-state index contributed by atoms with van der Waals surface area (Å²) in [6, 6.07) is 0. The molecule has 0 bridgehead atoms. The number of carboxylic acids is 1. The summed E-state index contributed by atoms with van der Waals surface area (Å²) in [5.41, 5.74) is -0.800. The lowest BCUT2D eigenvalue weighted by molar-refractivity contribution is -0.148. The third kappa shape index (κ3) is 2.83. The number of carbonyl (C=O) groups excluding carboxylic acids is 1. The Hall–Kier alpha value is -1.10. The lowest BCUT2D eigenvalue weighted by Crippen LogP contribution is -2.40. The van der Waals surface area contributed by atoms with Crippen LogP contribution in [0.2, 0.25) is 0 Å². The average molecular weight is 255 g/mol. The highest BCUT2D eigenvalue weighted by atomic mass is 16.5. The Morgan fingerprint density at radius 2 is 2.17 bits per heavy atom. The lowest BCUT2D eigenvalue weighted by atomic mass is 9.90. The van der Waals surface area contributed by atoms with Crippen molar-refractivity contribution in [3.05, 3.63) is 0 Å². The molecule has 0 aromatic carbocycles. The highest BCUT2D eigenvalue weighted by Gasteiger charge is 2.43. The molecular formula is C13H21NO4. The molecule has 1 aliphatic heterocycles. The first-order chi connectivity index (χ1) is 8.42. The summed E-state index contributed by atoms with van der Waals surface area (Å²) in [7, 11) is 0. The predicted molar refractivity (Wildman–Crippen MR) is 65.1 cm³/mol. The van der Waals surface area contributed by atoms with Gasteiger partial charge in [0.05, 0.1) is 12.0 Å². The number of hydrogen-bond donors (Lipinski definition) is 1. The second-order valence-electron chi connectivity index (χ2n) is 5.79. The molecule has 2 rings (SSSR count). The molecular weight excluding hydrogens is 234 g/mol. The van der Waals surface area contributed by atoms with Gasteiger partial charge in [-0.25, -0.2) is 0 Å². The van der Waals surface area contributed by atoms with Crippen LogP contribution < -0.4 is 0 Å². The van der Waals surface area contributed by atoms with E-state index in [9.17, 15) is 9.59 Å². The Kier molecular flexibility index (Phi) is 3.61. The summed E-state index contributed by atoms with van der Waals surface area (Å²) in [5, 5.41) is 9.13. The van der Waals surface area contributed by atoms with Crippen molar-refractivity contribution in [3.8, 4) is 0 Å². The molecule has 0 radical (unpaired) electrons. The Labute approximate surface area is 107 Å². The number of ether oxygens (including phenoxy) is 1. The number of aliphatic carboxylic acids is 1. The van der Waals surface area contributed by atoms with Crippen molar-refractivity contribution >= 4 is 11.9 Å². The van der Waals surface area contributed by atoms with Gasteiger partial charge in [-0.1, -0.05) is 0 Å². The fourth-order valence-electron chi connectivity index (χ4n) is 2.22. The van der Waals surface area contributed by atoms with Crippen LogP contribution >= 0.6 is 0 Å². The Morgan fingerprint density at radius 1 is 1.50 bits per heavy atom. The van der Waals surface area contributed by atoms with Crippen molar-refractivity contribution in [2.75, 3.05) is 19.7 Å². The van der Waals surface area contributed by atoms with E-state index in [0.717, 1.165) is 0 Å². The molecule has 2 atom stereocenters. The maximum absolute atomic E-state index is 12.1. The lowest BCUT2D eigenvalue weighted by Gasteiger charge is -2.23. The van der Waals surface area contributed by atoms with Gasteiger partial charge in [0, 0.05) is 13.1 Å². The van der Waals surface area contributed by atoms with Crippen LogP contribution in [0.3, 0.4) is 0 Å². The van der Waals surface area contributed by atoms with E-state index in [1.165, 1.54) is 12.8 Å². The smallest absolute Gasteiger partial charge is 0.311 e. The van der Waals surface area contributed by atoms with E-state index < -0.39 is 17.5 Å². The molecule has 0 spiro atoms. The Morgan fingerprint density at radius 3 is 2.67 bits per heavy atom. The summed E-state index contributed by atoms with van der Waals surface area (Å²) in [5.74, 6) is -0.284. The summed E-state index contributed by atoms with van der Waals surface area (Å²) in [6.07, 6.45) is 2.45. The summed E-state index contributed by atoms with van der Waals surface area (Å²) >= 11 is 0. The first kappa shape index (κ1) is 13.3. The average Bonchev–Trinajstić information content (AvgIpc) is 3.07.